The van der Waals surface area contributed by atoms with E-state index in [0.29, 0.717) is 23.2 Å². The minimum atomic E-state index is -1.50. The molecule has 2 unspecified atom stereocenters. The molecule has 1 fully saturated rings. The van der Waals surface area contributed by atoms with Crippen LogP contribution in [-0.2, 0) is 21.8 Å². The highest BCUT2D eigenvalue weighted by molar-refractivity contribution is 6.35. The molecule has 31 heavy (non-hydrogen) atoms. The molecule has 3 rings (SSSR count). The van der Waals surface area contributed by atoms with Gasteiger partial charge in [0.05, 0.1) is 17.7 Å². The molecular formula is C20H28Cl2N4O5. The molecule has 1 aliphatic heterocycles. The monoisotopic (exact) mass is 474 g/mol. The maximum Gasteiger partial charge on any atom is 0.291 e. The molecule has 1 aliphatic rings. The fourth-order valence-electron chi connectivity index (χ4n) is 3.49. The first-order valence-corrected chi connectivity index (χ1v) is 11.0. The molecule has 0 aliphatic carbocycles. The highest BCUT2D eigenvalue weighted by Crippen LogP contribution is 2.41. The van der Waals surface area contributed by atoms with Crippen LogP contribution in [0.2, 0.25) is 10.0 Å². The average molecular weight is 475 g/mol. The van der Waals surface area contributed by atoms with E-state index >= 15 is 0 Å². The molecule has 2 heterocycles. The first-order chi connectivity index (χ1) is 14.9. The van der Waals surface area contributed by atoms with Crippen molar-refractivity contribution in [2.75, 3.05) is 6.61 Å². The molecule has 1 aromatic carbocycles. The van der Waals surface area contributed by atoms with Crippen LogP contribution >= 0.6 is 23.2 Å². The first kappa shape index (κ1) is 25.3. The van der Waals surface area contributed by atoms with Gasteiger partial charge in [-0.2, -0.15) is 5.10 Å². The molecule has 1 saturated heterocycles. The van der Waals surface area contributed by atoms with Crippen molar-refractivity contribution in [3.63, 3.8) is 0 Å². The Hall–Kier alpha value is -1.94. The largest absolute Gasteiger partial charge is 0.342 e. The van der Waals surface area contributed by atoms with Crippen molar-refractivity contribution in [2.24, 2.45) is 0 Å². The number of halogens is 2. The molecular weight excluding hydrogens is 447 g/mol. The van der Waals surface area contributed by atoms with Gasteiger partial charge in [-0.15, -0.1) is 10.1 Å². The maximum absolute atomic E-state index is 8.36. The number of rotatable bonds is 10. The normalized spacial score (nSPS) is 20.3. The fraction of sp³-hybridized carbons (Fsp3) is 0.600. The van der Waals surface area contributed by atoms with E-state index < -0.39 is 10.9 Å². The molecule has 11 heteroatoms. The van der Waals surface area contributed by atoms with Crippen LogP contribution in [0.1, 0.15) is 57.4 Å². The molecule has 1 N–H and O–H groups in total. The van der Waals surface area contributed by atoms with Crippen LogP contribution in [0, 0.1) is 10.1 Å². The third-order valence-electron chi connectivity index (χ3n) is 4.92. The van der Waals surface area contributed by atoms with Gasteiger partial charge in [0, 0.05) is 10.6 Å². The van der Waals surface area contributed by atoms with E-state index in [0.717, 1.165) is 18.4 Å². The van der Waals surface area contributed by atoms with Crippen molar-refractivity contribution in [2.45, 2.75) is 70.3 Å². The molecule has 9 nitrogen and oxygen atoms in total. The summed E-state index contributed by atoms with van der Waals surface area (Å²) in [5.41, 5.74) is 0.773. The van der Waals surface area contributed by atoms with Gasteiger partial charge in [0.15, 0.2) is 0 Å². The van der Waals surface area contributed by atoms with Crippen LogP contribution in [0.25, 0.3) is 0 Å². The van der Waals surface area contributed by atoms with E-state index in [-0.39, 0.29) is 6.10 Å². The van der Waals surface area contributed by atoms with Gasteiger partial charge in [-0.1, -0.05) is 74.7 Å². The summed E-state index contributed by atoms with van der Waals surface area (Å²) in [5.74, 6) is -0.970. The Morgan fingerprint density at radius 3 is 2.65 bits per heavy atom. The first-order valence-electron chi connectivity index (χ1n) is 10.3. The van der Waals surface area contributed by atoms with E-state index in [4.69, 9.17) is 48.0 Å². The third-order valence-corrected chi connectivity index (χ3v) is 5.47. The summed E-state index contributed by atoms with van der Waals surface area (Å²) in [6.07, 6.45) is 11.7. The van der Waals surface area contributed by atoms with Gasteiger partial charge in [0.25, 0.3) is 5.09 Å². The molecule has 0 saturated carbocycles. The highest BCUT2D eigenvalue weighted by Gasteiger charge is 2.45. The van der Waals surface area contributed by atoms with Crippen LogP contribution in [0.4, 0.5) is 0 Å². The Kier molecular flexibility index (Phi) is 10.5. The molecule has 0 spiro atoms. The number of hydrogen-bond donors (Lipinski definition) is 1. The van der Waals surface area contributed by atoms with E-state index in [9.17, 15) is 0 Å². The predicted molar refractivity (Wildman–Crippen MR) is 116 cm³/mol. The molecule has 2 aromatic rings. The van der Waals surface area contributed by atoms with Crippen molar-refractivity contribution in [1.82, 2.24) is 14.8 Å². The molecule has 0 amide bonds. The third kappa shape index (κ3) is 8.25. The van der Waals surface area contributed by atoms with Gasteiger partial charge >= 0.3 is 0 Å². The molecule has 0 radical (unpaired) electrons. The summed E-state index contributed by atoms with van der Waals surface area (Å²) in [4.78, 5) is 12.4. The zero-order valence-corrected chi connectivity index (χ0v) is 19.0. The Morgan fingerprint density at radius 2 is 2.00 bits per heavy atom. The lowest BCUT2D eigenvalue weighted by molar-refractivity contribution is -0.742. The number of ether oxygens (including phenoxy) is 2. The zero-order chi connectivity index (χ0) is 22.7. The lowest BCUT2D eigenvalue weighted by Gasteiger charge is -2.29. The van der Waals surface area contributed by atoms with Crippen LogP contribution in [0.5, 0.6) is 0 Å². The van der Waals surface area contributed by atoms with E-state index in [2.05, 4.69) is 17.0 Å². The summed E-state index contributed by atoms with van der Waals surface area (Å²) in [6.45, 7) is 3.17. The summed E-state index contributed by atoms with van der Waals surface area (Å²) in [6, 6.07) is 5.39. The fourth-order valence-corrected chi connectivity index (χ4v) is 4.05. The maximum atomic E-state index is 8.36. The molecule has 2 atom stereocenters. The zero-order valence-electron chi connectivity index (χ0n) is 17.5. The summed E-state index contributed by atoms with van der Waals surface area (Å²) >= 11 is 12.5. The quantitative estimate of drug-likeness (QED) is 0.283. The second-order valence-electron chi connectivity index (χ2n) is 7.32. The van der Waals surface area contributed by atoms with Crippen molar-refractivity contribution in [1.29, 1.82) is 0 Å². The van der Waals surface area contributed by atoms with E-state index in [1.54, 1.807) is 23.1 Å². The molecule has 1 aromatic heterocycles. The Morgan fingerprint density at radius 1 is 1.29 bits per heavy atom. The van der Waals surface area contributed by atoms with E-state index in [1.807, 2.05) is 6.07 Å². The van der Waals surface area contributed by atoms with Crippen molar-refractivity contribution >= 4 is 23.2 Å². The van der Waals surface area contributed by atoms with Crippen LogP contribution in [-0.4, -0.2) is 37.8 Å². The number of benzene rings is 1. The second kappa shape index (κ2) is 12.8. The van der Waals surface area contributed by atoms with E-state index in [1.165, 1.54) is 38.4 Å². The molecule has 0 bridgehead atoms. The topological polar surface area (TPSA) is 113 Å². The highest BCUT2D eigenvalue weighted by atomic mass is 35.5. The van der Waals surface area contributed by atoms with Gasteiger partial charge in [-0.3, -0.25) is 0 Å². The molecule has 172 valence electrons. The van der Waals surface area contributed by atoms with Gasteiger partial charge in [0.2, 0.25) is 5.79 Å². The average Bonchev–Trinajstić information content (AvgIpc) is 3.35. The number of nitrogens with zero attached hydrogens (tertiary/aromatic N) is 4. The van der Waals surface area contributed by atoms with Gasteiger partial charge in [-0.05, 0) is 18.6 Å². The van der Waals surface area contributed by atoms with Crippen LogP contribution in [0.15, 0.2) is 30.9 Å². The standard InChI is InChI=1S/C20H27Cl2N3O2.HNO3/c1-2-3-4-5-6-7-8-17-12-26-20(27-17,13-25-15-23-14-24-25)18-10-9-16(21)11-19(18)22;2-1(3)4/h9-11,14-15,17H,2-8,12-13H2,1H3;(H,2,3,4). The SMILES string of the molecule is CCCCCCCCC1COC(Cn2cncn2)(c2ccc(Cl)cc2Cl)O1.O=[N+]([O-])O. The number of unbranched alkanes of at least 4 members (excludes halogenated alkanes) is 5. The smallest absolute Gasteiger partial charge is 0.291 e. The Labute approximate surface area is 191 Å². The van der Waals surface area contributed by atoms with Crippen molar-refractivity contribution in [3.8, 4) is 0 Å². The lowest BCUT2D eigenvalue weighted by atomic mass is 10.1. The van der Waals surface area contributed by atoms with Gasteiger partial charge < -0.3 is 14.7 Å². The van der Waals surface area contributed by atoms with Crippen molar-refractivity contribution in [3.05, 3.63) is 56.6 Å². The van der Waals surface area contributed by atoms with Gasteiger partial charge in [-0.25, -0.2) is 9.67 Å². The van der Waals surface area contributed by atoms with Crippen LogP contribution in [0.3, 0.4) is 0 Å². The predicted octanol–water partition coefficient (Wildman–Crippen LogP) is 5.26. The number of hydrogen-bond acceptors (Lipinski definition) is 6. The summed E-state index contributed by atoms with van der Waals surface area (Å²) in [7, 11) is 0. The van der Waals surface area contributed by atoms with Crippen molar-refractivity contribution < 1.29 is 19.8 Å². The van der Waals surface area contributed by atoms with Crippen LogP contribution < -0.4 is 0 Å². The second-order valence-corrected chi connectivity index (χ2v) is 8.16. The summed E-state index contributed by atoms with van der Waals surface area (Å²) < 4.78 is 14.3. The minimum Gasteiger partial charge on any atom is -0.342 e. The van der Waals surface area contributed by atoms with Gasteiger partial charge in [0.1, 0.15) is 19.2 Å². The summed E-state index contributed by atoms with van der Waals surface area (Å²) in [5, 5.41) is 19.0. The number of aromatic nitrogens is 3. The Bertz CT molecular complexity index is 805. The lowest BCUT2D eigenvalue weighted by Crippen LogP contribution is -2.34. The minimum absolute atomic E-state index is 0.0476. The Balaban J connectivity index is 0.000000785.